The summed E-state index contributed by atoms with van der Waals surface area (Å²) in [6.07, 6.45) is -1.33. The Kier molecular flexibility index (Phi) is 4.55. The van der Waals surface area contributed by atoms with Gasteiger partial charge in [-0.1, -0.05) is 30.3 Å². The summed E-state index contributed by atoms with van der Waals surface area (Å²) in [4.78, 5) is 0. The van der Waals surface area contributed by atoms with Crippen molar-refractivity contribution in [1.82, 2.24) is 0 Å². The molecule has 2 heterocycles. The molecule has 0 spiro atoms. The molecule has 4 aromatic rings. The normalized spacial score (nSPS) is 11.7. The van der Waals surface area contributed by atoms with Gasteiger partial charge in [-0.25, -0.2) is 0 Å². The van der Waals surface area contributed by atoms with Crippen LogP contribution >= 0.6 is 0 Å². The lowest BCUT2D eigenvalue weighted by Crippen LogP contribution is -2.23. The molecule has 2 aromatic carbocycles. The molecule has 0 aliphatic rings. The molecule has 0 amide bonds. The second kappa shape index (κ2) is 7.03. The zero-order valence-electron chi connectivity index (χ0n) is 15.0. The fourth-order valence-corrected chi connectivity index (χ4v) is 3.18. The first-order chi connectivity index (χ1) is 13.5. The minimum Gasteiger partial charge on any atom is -0.490 e. The number of pyridine rings is 2. The van der Waals surface area contributed by atoms with E-state index in [4.69, 9.17) is 9.47 Å². The van der Waals surface area contributed by atoms with Gasteiger partial charge in [0.25, 0.3) is 5.52 Å². The van der Waals surface area contributed by atoms with Gasteiger partial charge in [-0.3, -0.25) is 0 Å². The number of hydrogen-bond acceptors (Lipinski definition) is 2. The summed E-state index contributed by atoms with van der Waals surface area (Å²) < 4.78 is 52.4. The summed E-state index contributed by atoms with van der Waals surface area (Å²) >= 11 is 0. The highest BCUT2D eigenvalue weighted by Crippen LogP contribution is 2.37. The van der Waals surface area contributed by atoms with E-state index < -0.39 is 11.7 Å². The van der Waals surface area contributed by atoms with E-state index >= 15 is 0 Å². The monoisotopic (exact) mass is 384 g/mol. The molecule has 0 aliphatic carbocycles. The number of ether oxygens (including phenoxy) is 2. The molecule has 4 rings (SSSR count). The number of rotatable bonds is 4. The zero-order valence-corrected chi connectivity index (χ0v) is 15.0. The summed E-state index contributed by atoms with van der Waals surface area (Å²) in [5.74, 6) is 0.444. The van der Waals surface area contributed by atoms with Crippen LogP contribution in [0.4, 0.5) is 13.2 Å². The van der Waals surface area contributed by atoms with E-state index in [0.29, 0.717) is 17.9 Å². The van der Waals surface area contributed by atoms with Crippen LogP contribution in [0.25, 0.3) is 16.3 Å². The molecular formula is C22H17F3NO2+. The number of hydrogen-bond donors (Lipinski definition) is 0. The fraction of sp³-hybridized carbons (Fsp3) is 0.136. The Morgan fingerprint density at radius 2 is 1.71 bits per heavy atom. The minimum absolute atomic E-state index is 0.201. The van der Waals surface area contributed by atoms with Crippen molar-refractivity contribution >= 4 is 16.3 Å². The van der Waals surface area contributed by atoms with Gasteiger partial charge in [-0.05, 0) is 29.1 Å². The van der Waals surface area contributed by atoms with Crippen molar-refractivity contribution in [3.63, 3.8) is 0 Å². The van der Waals surface area contributed by atoms with Crippen LogP contribution in [0.1, 0.15) is 11.1 Å². The Morgan fingerprint density at radius 3 is 2.43 bits per heavy atom. The summed E-state index contributed by atoms with van der Waals surface area (Å²) in [7, 11) is 1.24. The smallest absolute Gasteiger partial charge is 0.420 e. The molecule has 0 N–H and O–H groups in total. The molecule has 6 heteroatoms. The van der Waals surface area contributed by atoms with Gasteiger partial charge in [0.15, 0.2) is 12.4 Å². The molecule has 0 atom stereocenters. The Labute approximate surface area is 159 Å². The van der Waals surface area contributed by atoms with Gasteiger partial charge < -0.3 is 9.47 Å². The van der Waals surface area contributed by atoms with Crippen molar-refractivity contribution in [2.24, 2.45) is 0 Å². The second-order valence-electron chi connectivity index (χ2n) is 6.39. The lowest BCUT2D eigenvalue weighted by atomic mass is 10.1. The Hall–Kier alpha value is -3.28. The van der Waals surface area contributed by atoms with E-state index in [2.05, 4.69) is 0 Å². The predicted molar refractivity (Wildman–Crippen MR) is 99.4 cm³/mol. The molecule has 0 saturated carbocycles. The highest BCUT2D eigenvalue weighted by Gasteiger charge is 2.37. The largest absolute Gasteiger partial charge is 0.490 e. The van der Waals surface area contributed by atoms with Crippen LogP contribution in [0.3, 0.4) is 0 Å². The Bertz CT molecular complexity index is 1140. The van der Waals surface area contributed by atoms with Crippen LogP contribution in [-0.2, 0) is 12.8 Å². The number of fused-ring (bicyclic) bond motifs is 2. The number of aromatic nitrogens is 1. The van der Waals surface area contributed by atoms with E-state index in [1.807, 2.05) is 48.5 Å². The molecule has 28 heavy (non-hydrogen) atoms. The quantitative estimate of drug-likeness (QED) is 0.357. The van der Waals surface area contributed by atoms with Crippen molar-refractivity contribution in [3.8, 4) is 11.5 Å². The third-order valence-corrected chi connectivity index (χ3v) is 4.54. The van der Waals surface area contributed by atoms with E-state index in [1.54, 1.807) is 16.7 Å². The third-order valence-electron chi connectivity index (χ3n) is 4.54. The summed E-state index contributed by atoms with van der Waals surface area (Å²) in [5.41, 5.74) is 0.573. The average Bonchev–Trinajstić information content (AvgIpc) is 2.69. The minimum atomic E-state index is -4.49. The summed E-state index contributed by atoms with van der Waals surface area (Å²) in [6.45, 7) is 0.413. The molecule has 142 valence electrons. The molecule has 0 saturated heterocycles. The molecule has 0 fully saturated rings. The molecular weight excluding hydrogens is 367 g/mol. The van der Waals surface area contributed by atoms with Crippen LogP contribution in [-0.4, -0.2) is 7.11 Å². The maximum Gasteiger partial charge on any atom is 0.420 e. The van der Waals surface area contributed by atoms with E-state index in [-0.39, 0.29) is 5.75 Å². The van der Waals surface area contributed by atoms with Crippen molar-refractivity contribution in [2.45, 2.75) is 12.8 Å². The molecule has 0 bridgehead atoms. The number of alkyl halides is 3. The zero-order chi connectivity index (χ0) is 19.7. The molecule has 3 nitrogen and oxygen atoms in total. The number of benzene rings is 2. The van der Waals surface area contributed by atoms with Gasteiger partial charge in [-0.2, -0.15) is 17.6 Å². The van der Waals surface area contributed by atoms with Gasteiger partial charge in [-0.15, -0.1) is 0 Å². The predicted octanol–water partition coefficient (Wildman–Crippen LogP) is 5.18. The van der Waals surface area contributed by atoms with Gasteiger partial charge >= 0.3 is 6.18 Å². The number of halogens is 3. The average molecular weight is 384 g/mol. The van der Waals surface area contributed by atoms with E-state index in [0.717, 1.165) is 22.4 Å². The highest BCUT2D eigenvalue weighted by atomic mass is 19.4. The number of nitrogens with zero attached hydrogens (tertiary/aromatic N) is 1. The Morgan fingerprint density at radius 1 is 0.929 bits per heavy atom. The number of methoxy groups -OCH3 is 1. The first kappa shape index (κ1) is 18.1. The SMILES string of the molecule is COc1c(C(F)(F)F)cc[n+]2cc3ccc(OCc4ccccc4)cc3cc12. The molecule has 2 aromatic heterocycles. The van der Waals surface area contributed by atoms with Crippen LogP contribution < -0.4 is 13.9 Å². The van der Waals surface area contributed by atoms with E-state index in [1.165, 1.54) is 13.3 Å². The van der Waals surface area contributed by atoms with Crippen molar-refractivity contribution in [2.75, 3.05) is 7.11 Å². The Balaban J connectivity index is 1.76. The summed E-state index contributed by atoms with van der Waals surface area (Å²) in [5, 5.41) is 1.65. The lowest BCUT2D eigenvalue weighted by Gasteiger charge is -2.11. The first-order valence-corrected chi connectivity index (χ1v) is 8.65. The first-order valence-electron chi connectivity index (χ1n) is 8.65. The topological polar surface area (TPSA) is 22.6 Å². The lowest BCUT2D eigenvalue weighted by molar-refractivity contribution is -0.511. The van der Waals surface area contributed by atoms with Gasteiger partial charge in [0.05, 0.1) is 7.11 Å². The van der Waals surface area contributed by atoms with Crippen molar-refractivity contribution in [3.05, 3.63) is 84.2 Å². The van der Waals surface area contributed by atoms with Gasteiger partial charge in [0.2, 0.25) is 5.75 Å². The maximum absolute atomic E-state index is 13.3. The standard InChI is InChI=1S/C22H17F3NO2/c1-27-21-19(22(23,24)25)9-10-26-13-16-7-8-18(11-17(16)12-20(21)26)28-14-15-5-3-2-4-6-15/h2-13H,14H2,1H3/q+1. The molecule has 0 radical (unpaired) electrons. The second-order valence-corrected chi connectivity index (χ2v) is 6.39. The summed E-state index contributed by atoms with van der Waals surface area (Å²) in [6, 6.07) is 18.0. The molecule has 0 aliphatic heterocycles. The van der Waals surface area contributed by atoms with Crippen LogP contribution in [0.15, 0.2) is 73.1 Å². The van der Waals surface area contributed by atoms with E-state index in [9.17, 15) is 13.2 Å². The van der Waals surface area contributed by atoms with Gasteiger partial charge in [0.1, 0.15) is 17.9 Å². The molecule has 0 unspecified atom stereocenters. The maximum atomic E-state index is 13.3. The van der Waals surface area contributed by atoms with Crippen molar-refractivity contribution in [1.29, 1.82) is 0 Å². The van der Waals surface area contributed by atoms with Crippen LogP contribution in [0, 0.1) is 0 Å². The fourth-order valence-electron chi connectivity index (χ4n) is 3.18. The van der Waals surface area contributed by atoms with Crippen molar-refractivity contribution < 1.29 is 27.0 Å². The van der Waals surface area contributed by atoms with Crippen LogP contribution in [0.5, 0.6) is 11.5 Å². The third kappa shape index (κ3) is 3.45. The van der Waals surface area contributed by atoms with Gasteiger partial charge in [0, 0.05) is 17.5 Å². The van der Waals surface area contributed by atoms with Crippen LogP contribution in [0.2, 0.25) is 0 Å². The highest BCUT2D eigenvalue weighted by molar-refractivity contribution is 5.86.